The maximum Gasteiger partial charge on any atom is 0.161 e. The molecule has 4 nitrogen and oxygen atoms in total. The Hall–Kier alpha value is -3.27. The van der Waals surface area contributed by atoms with Crippen molar-refractivity contribution in [3.8, 4) is 11.5 Å². The smallest absolute Gasteiger partial charge is 0.161 e. The van der Waals surface area contributed by atoms with E-state index < -0.39 is 0 Å². The molecule has 0 aromatic heterocycles. The highest BCUT2D eigenvalue weighted by molar-refractivity contribution is 6.12. The number of allylic oxidation sites excluding steroid dienone is 1. The van der Waals surface area contributed by atoms with E-state index in [9.17, 15) is 0 Å². The average molecular weight is 372 g/mol. The normalized spacial score (nSPS) is 16.2. The third kappa shape index (κ3) is 3.46. The van der Waals surface area contributed by atoms with Crippen molar-refractivity contribution < 1.29 is 9.47 Å². The zero-order chi connectivity index (χ0) is 19.5. The zero-order valence-corrected chi connectivity index (χ0v) is 16.4. The molecule has 4 rings (SSSR count). The molecule has 1 heterocycles. The molecular weight excluding hydrogens is 348 g/mol. The Balaban J connectivity index is 1.78. The van der Waals surface area contributed by atoms with Crippen LogP contribution in [0.2, 0.25) is 0 Å². The SMILES string of the molecule is COc1cc2c(cc1OC)C(C=Cc1cccc3ccccc13)=NNC(C)C2. The fourth-order valence-corrected chi connectivity index (χ4v) is 3.64. The van der Waals surface area contributed by atoms with Crippen LogP contribution in [0.25, 0.3) is 16.8 Å². The van der Waals surface area contributed by atoms with Crippen molar-refractivity contribution in [1.29, 1.82) is 0 Å². The molecule has 142 valence electrons. The predicted molar refractivity (Wildman–Crippen MR) is 115 cm³/mol. The third-order valence-corrected chi connectivity index (χ3v) is 5.06. The number of fused-ring (bicyclic) bond motifs is 2. The molecule has 0 bridgehead atoms. The van der Waals surface area contributed by atoms with Crippen LogP contribution in [0.3, 0.4) is 0 Å². The van der Waals surface area contributed by atoms with Gasteiger partial charge in [-0.05, 0) is 53.5 Å². The highest BCUT2D eigenvalue weighted by Crippen LogP contribution is 2.32. The van der Waals surface area contributed by atoms with E-state index in [0.29, 0.717) is 5.75 Å². The molecule has 0 saturated carbocycles. The van der Waals surface area contributed by atoms with Crippen molar-refractivity contribution in [3.63, 3.8) is 0 Å². The molecule has 1 aliphatic heterocycles. The summed E-state index contributed by atoms with van der Waals surface area (Å²) in [5.41, 5.74) is 7.55. The number of hydrazone groups is 1. The Morgan fingerprint density at radius 1 is 0.964 bits per heavy atom. The summed E-state index contributed by atoms with van der Waals surface area (Å²) in [6.07, 6.45) is 5.06. The van der Waals surface area contributed by atoms with E-state index in [1.54, 1.807) is 14.2 Å². The predicted octanol–water partition coefficient (Wildman–Crippen LogP) is 4.81. The van der Waals surface area contributed by atoms with E-state index in [1.807, 2.05) is 6.07 Å². The van der Waals surface area contributed by atoms with E-state index >= 15 is 0 Å². The summed E-state index contributed by atoms with van der Waals surface area (Å²) in [7, 11) is 3.32. The molecule has 0 amide bonds. The van der Waals surface area contributed by atoms with Gasteiger partial charge >= 0.3 is 0 Å². The highest BCUT2D eigenvalue weighted by atomic mass is 16.5. The minimum atomic E-state index is 0.236. The molecular formula is C24H24N2O2. The van der Waals surface area contributed by atoms with E-state index in [1.165, 1.54) is 21.9 Å². The van der Waals surface area contributed by atoms with Gasteiger partial charge in [-0.1, -0.05) is 48.5 Å². The molecule has 3 aromatic rings. The first kappa shape index (κ1) is 18.1. The zero-order valence-electron chi connectivity index (χ0n) is 16.4. The summed E-state index contributed by atoms with van der Waals surface area (Å²) in [6.45, 7) is 2.13. The van der Waals surface area contributed by atoms with Crippen LogP contribution in [0.5, 0.6) is 11.5 Å². The monoisotopic (exact) mass is 372 g/mol. The maximum atomic E-state index is 5.51. The lowest BCUT2D eigenvalue weighted by atomic mass is 9.96. The number of benzene rings is 3. The van der Waals surface area contributed by atoms with Crippen LogP contribution < -0.4 is 14.9 Å². The topological polar surface area (TPSA) is 42.9 Å². The second-order valence-corrected chi connectivity index (χ2v) is 7.00. The molecule has 0 aliphatic carbocycles. The fraction of sp³-hybridized carbons (Fsp3) is 0.208. The van der Waals surface area contributed by atoms with Gasteiger partial charge in [0.05, 0.1) is 19.9 Å². The molecule has 4 heteroatoms. The van der Waals surface area contributed by atoms with Crippen molar-refractivity contribution in [1.82, 2.24) is 5.43 Å². The van der Waals surface area contributed by atoms with Crippen LogP contribution in [0.15, 0.2) is 65.8 Å². The molecule has 0 spiro atoms. The summed E-state index contributed by atoms with van der Waals surface area (Å²) in [5.74, 6) is 1.45. The van der Waals surface area contributed by atoms with Crippen molar-refractivity contribution >= 4 is 22.6 Å². The Morgan fingerprint density at radius 2 is 1.71 bits per heavy atom. The van der Waals surface area contributed by atoms with Gasteiger partial charge in [0, 0.05) is 11.6 Å². The lowest BCUT2D eigenvalue weighted by molar-refractivity contribution is 0.354. The van der Waals surface area contributed by atoms with Crippen molar-refractivity contribution in [2.75, 3.05) is 14.2 Å². The molecule has 0 fully saturated rings. The summed E-state index contributed by atoms with van der Waals surface area (Å²) in [6, 6.07) is 19.0. The Labute approximate surface area is 165 Å². The number of rotatable bonds is 4. The van der Waals surface area contributed by atoms with Gasteiger partial charge in [0.15, 0.2) is 11.5 Å². The maximum absolute atomic E-state index is 5.51. The Bertz CT molecular complexity index is 1060. The van der Waals surface area contributed by atoms with E-state index in [-0.39, 0.29) is 6.04 Å². The standard InChI is InChI=1S/C24H24N2O2/c1-16-13-19-14-23(27-2)24(28-3)15-21(19)22(26-25-16)12-11-18-9-6-8-17-7-4-5-10-20(17)18/h4-12,14-16,25H,13H2,1-3H3. The van der Waals surface area contributed by atoms with Crippen molar-refractivity contribution in [2.45, 2.75) is 19.4 Å². The van der Waals surface area contributed by atoms with Crippen LogP contribution in [0.1, 0.15) is 23.6 Å². The summed E-state index contributed by atoms with van der Waals surface area (Å²) in [5, 5.41) is 7.11. The molecule has 1 atom stereocenters. The third-order valence-electron chi connectivity index (χ3n) is 5.06. The molecule has 0 saturated heterocycles. The van der Waals surface area contributed by atoms with Gasteiger partial charge in [-0.3, -0.25) is 0 Å². The van der Waals surface area contributed by atoms with Crippen LogP contribution >= 0.6 is 0 Å². The Morgan fingerprint density at radius 3 is 2.54 bits per heavy atom. The minimum Gasteiger partial charge on any atom is -0.493 e. The highest BCUT2D eigenvalue weighted by Gasteiger charge is 2.19. The van der Waals surface area contributed by atoms with Crippen LogP contribution in [0.4, 0.5) is 0 Å². The number of methoxy groups -OCH3 is 2. The minimum absolute atomic E-state index is 0.236. The average Bonchev–Trinajstić information content (AvgIpc) is 2.88. The van der Waals surface area contributed by atoms with E-state index in [2.05, 4.69) is 78.1 Å². The summed E-state index contributed by atoms with van der Waals surface area (Å²) in [4.78, 5) is 0. The first-order valence-electron chi connectivity index (χ1n) is 9.44. The summed E-state index contributed by atoms with van der Waals surface area (Å²) >= 11 is 0. The largest absolute Gasteiger partial charge is 0.493 e. The first-order chi connectivity index (χ1) is 13.7. The van der Waals surface area contributed by atoms with Gasteiger partial charge in [-0.2, -0.15) is 5.10 Å². The van der Waals surface area contributed by atoms with Crippen LogP contribution in [-0.2, 0) is 6.42 Å². The lowest BCUT2D eigenvalue weighted by Crippen LogP contribution is -2.21. The van der Waals surface area contributed by atoms with E-state index in [0.717, 1.165) is 23.4 Å². The molecule has 3 aromatic carbocycles. The van der Waals surface area contributed by atoms with E-state index in [4.69, 9.17) is 9.47 Å². The quantitative estimate of drug-likeness (QED) is 0.715. The molecule has 1 N–H and O–H groups in total. The van der Waals surface area contributed by atoms with Crippen molar-refractivity contribution in [2.24, 2.45) is 5.10 Å². The van der Waals surface area contributed by atoms with Crippen LogP contribution in [0, 0.1) is 0 Å². The molecule has 1 aliphatic rings. The number of ether oxygens (including phenoxy) is 2. The lowest BCUT2D eigenvalue weighted by Gasteiger charge is -2.14. The number of hydrogen-bond donors (Lipinski definition) is 1. The van der Waals surface area contributed by atoms with Crippen molar-refractivity contribution in [3.05, 3.63) is 77.4 Å². The fourth-order valence-electron chi connectivity index (χ4n) is 3.64. The second kappa shape index (κ2) is 7.77. The van der Waals surface area contributed by atoms with Gasteiger partial charge < -0.3 is 14.9 Å². The number of nitrogens with one attached hydrogen (secondary N) is 1. The van der Waals surface area contributed by atoms with Gasteiger partial charge in [0.1, 0.15) is 0 Å². The number of nitrogens with zero attached hydrogens (tertiary/aromatic N) is 1. The van der Waals surface area contributed by atoms with Crippen LogP contribution in [-0.4, -0.2) is 26.0 Å². The Kier molecular flexibility index (Phi) is 5.02. The van der Waals surface area contributed by atoms with Gasteiger partial charge in [0.2, 0.25) is 0 Å². The summed E-state index contributed by atoms with van der Waals surface area (Å²) < 4.78 is 11.0. The van der Waals surface area contributed by atoms with Gasteiger partial charge in [-0.15, -0.1) is 0 Å². The number of hydrogen-bond acceptors (Lipinski definition) is 4. The first-order valence-corrected chi connectivity index (χ1v) is 9.44. The van der Waals surface area contributed by atoms with Gasteiger partial charge in [0.25, 0.3) is 0 Å². The van der Waals surface area contributed by atoms with Gasteiger partial charge in [-0.25, -0.2) is 0 Å². The molecule has 1 unspecified atom stereocenters. The molecule has 0 radical (unpaired) electrons. The second-order valence-electron chi connectivity index (χ2n) is 7.00. The molecule has 28 heavy (non-hydrogen) atoms.